The van der Waals surface area contributed by atoms with Crippen molar-refractivity contribution in [1.29, 1.82) is 0 Å². The Kier molecular flexibility index (Phi) is 529. The molecule has 5 atom stereocenters. The third-order valence-electron chi connectivity index (χ3n) is 2.72. The van der Waals surface area contributed by atoms with E-state index >= 15 is 0 Å². The van der Waals surface area contributed by atoms with Gasteiger partial charge in [0.1, 0.15) is 0 Å². The number of ether oxygens (including phenoxy) is 1. The van der Waals surface area contributed by atoms with Crippen molar-refractivity contribution in [3.63, 3.8) is 0 Å². The molecule has 3 nitrogen and oxygen atoms in total. The van der Waals surface area contributed by atoms with Crippen molar-refractivity contribution in [3.8, 4) is 0 Å². The minimum absolute atomic E-state index is 0. The molecule has 1 N–H and O–H groups in total. The van der Waals surface area contributed by atoms with Crippen molar-refractivity contribution in [1.82, 2.24) is 0 Å². The largest absolute Gasteiger partial charge is 2.00 e. The normalized spacial score (nSPS) is 11.3. The number of halogens is 1. The number of aliphatic hydroxyl groups is 1. The van der Waals surface area contributed by atoms with E-state index in [1.165, 1.54) is 0 Å². The van der Waals surface area contributed by atoms with E-state index in [1.807, 2.05) is 90.0 Å². The minimum atomic E-state index is -0.319. The number of epoxide rings is 1. The SMILES string of the molecule is CC.CC.CC.CC.CC.CC.[B].[B].[B].[Br-].[CH2-]CC(=O)C([CH2-])C.[CH2-]CC(O)C([CH2-])C.[CH2-]CC1OC1[CH2-].[CH3-].[CH3-].[CH3-].[H-].[Mg+2].[Rh].[Rh].[Rh].[Y].[Y].[Y]. The maximum absolute atomic E-state index is 10.4. The molecule has 46 heavy (non-hydrogen) atoms. The second kappa shape index (κ2) is 162. The number of ketones is 1. The number of carbonyl (C=O) groups is 1. The fourth-order valence-electron chi connectivity index (χ4n) is 0.964. The average molecular weight is 1220 g/mol. The van der Waals surface area contributed by atoms with Gasteiger partial charge in [-0.25, -0.2) is 0 Å². The van der Waals surface area contributed by atoms with Crippen molar-refractivity contribution in [3.05, 3.63) is 63.8 Å². The summed E-state index contributed by atoms with van der Waals surface area (Å²) < 4.78 is 4.89. The van der Waals surface area contributed by atoms with Gasteiger partial charge < -0.3 is 96.9 Å². The molecule has 1 aliphatic rings. The molecule has 5 unspecified atom stereocenters. The molecule has 285 valence electrons. The summed E-state index contributed by atoms with van der Waals surface area (Å²) in [5.74, 6) is 0.148. The predicted octanol–water partition coefficient (Wildman–Crippen LogP) is 6.19. The Bertz CT molecular complexity index is 304. The van der Waals surface area contributed by atoms with Crippen LogP contribution < -0.4 is 17.0 Å². The van der Waals surface area contributed by atoms with E-state index in [0.29, 0.717) is 18.9 Å². The van der Waals surface area contributed by atoms with Crippen LogP contribution in [-0.2, 0) is 166 Å². The zero-order valence-corrected chi connectivity index (χ0v) is 50.0. The van der Waals surface area contributed by atoms with Crippen LogP contribution in [0.5, 0.6) is 0 Å². The third kappa shape index (κ3) is 177. The number of rotatable bonds is 5. The van der Waals surface area contributed by atoms with Gasteiger partial charge in [-0.05, 0) is 6.10 Å². The molecule has 14 heteroatoms. The average Bonchev–Trinajstić information content (AvgIpc) is 3.61. The quantitative estimate of drug-likeness (QED) is 0.203. The number of Topliss-reactive ketones (excluding diaryl/α,β-unsaturated/α-hetero) is 1. The molecule has 0 amide bonds. The van der Waals surface area contributed by atoms with Crippen LogP contribution in [0.15, 0.2) is 0 Å². The van der Waals surface area contributed by atoms with Gasteiger partial charge in [0.15, 0.2) is 0 Å². The molecular weight excluding hydrogens is 1140 g/mol. The summed E-state index contributed by atoms with van der Waals surface area (Å²) in [5, 5.41) is 8.81. The molecule has 0 aliphatic carbocycles. The second-order valence-electron chi connectivity index (χ2n) is 4.95. The van der Waals surface area contributed by atoms with Crippen molar-refractivity contribution in [2.45, 2.75) is 135 Å². The minimum Gasteiger partial charge on any atom is -1.00 e. The summed E-state index contributed by atoms with van der Waals surface area (Å²) >= 11 is 0. The summed E-state index contributed by atoms with van der Waals surface area (Å²) in [6.07, 6.45) is 2.11. The van der Waals surface area contributed by atoms with Gasteiger partial charge in [0.05, 0.1) is 5.78 Å². The summed E-state index contributed by atoms with van der Waals surface area (Å²) in [6.45, 7) is 49.0. The summed E-state index contributed by atoms with van der Waals surface area (Å²) in [5.41, 5.74) is 0. The number of hydrogen-bond donors (Lipinski definition) is 1. The van der Waals surface area contributed by atoms with E-state index < -0.39 is 0 Å². The van der Waals surface area contributed by atoms with Crippen molar-refractivity contribution < 1.29 is 190 Å². The Morgan fingerprint density at radius 2 is 0.913 bits per heavy atom. The smallest absolute Gasteiger partial charge is 1.00 e. The number of aliphatic hydroxyl groups excluding tert-OH is 1. The summed E-state index contributed by atoms with van der Waals surface area (Å²) in [4.78, 5) is 10.4. The van der Waals surface area contributed by atoms with Gasteiger partial charge >= 0.3 is 23.1 Å². The van der Waals surface area contributed by atoms with Gasteiger partial charge in [0.25, 0.3) is 0 Å². The molecule has 0 aromatic carbocycles. The molecule has 0 saturated carbocycles. The van der Waals surface area contributed by atoms with Crippen LogP contribution in [0.4, 0.5) is 0 Å². The Morgan fingerprint density at radius 3 is 0.913 bits per heavy atom. The van der Waals surface area contributed by atoms with E-state index in [2.05, 4.69) is 41.5 Å². The Balaban J connectivity index is -0.00000000662. The van der Waals surface area contributed by atoms with Gasteiger partial charge in [-0.3, -0.25) is 0 Å². The van der Waals surface area contributed by atoms with Gasteiger partial charge in [-0.15, -0.1) is 18.3 Å². The second-order valence-corrected chi connectivity index (χ2v) is 4.95. The van der Waals surface area contributed by atoms with Crippen LogP contribution >= 0.6 is 0 Å². The van der Waals surface area contributed by atoms with Crippen molar-refractivity contribution in [2.24, 2.45) is 11.8 Å². The van der Waals surface area contributed by atoms with E-state index in [1.54, 1.807) is 6.92 Å². The first-order valence-corrected chi connectivity index (χ1v) is 12.9. The molecule has 1 saturated heterocycles. The van der Waals surface area contributed by atoms with E-state index in [9.17, 15) is 4.79 Å². The maximum atomic E-state index is 10.4. The Labute approximate surface area is 446 Å². The standard InChI is InChI=1S/C6H12O.C6H10O.C5H8O.6C2H6.3CH3.3B.BrH.Mg.3Rh.3Y.H/c2*1-4-6(7)5(2)3;1-3-5-4(2)6-5;6*1-2;;;;;;;;;;;;;;;/h5-7H,1-2,4H2,3H3;5H,1-2,4H2,3H3;4-5H,1-3H2;6*1-2H3;3*1H3;;;;1H;;;;;;;;/q3*-2;;;;;;;3*-1;;;;;+2;;;;;;;-1/p-1. The molecule has 0 aromatic heterocycles. The number of hydrogen-bond acceptors (Lipinski definition) is 3. The predicted molar refractivity (Wildman–Crippen MR) is 195 cm³/mol. The Hall–Kier alpha value is 6.21. The van der Waals surface area contributed by atoms with Crippen molar-refractivity contribution in [2.75, 3.05) is 0 Å². The first-order chi connectivity index (χ1) is 15.2. The summed E-state index contributed by atoms with van der Waals surface area (Å²) in [6, 6.07) is 0. The van der Waals surface area contributed by atoms with Crippen LogP contribution in [0.1, 0.15) is 118 Å². The van der Waals surface area contributed by atoms with Crippen LogP contribution in [-0.4, -0.2) is 77.5 Å². The molecule has 1 rings (SSSR count). The maximum Gasteiger partial charge on any atom is 2.00 e. The van der Waals surface area contributed by atoms with Gasteiger partial charge in [0, 0.05) is 194 Å². The van der Waals surface area contributed by atoms with Crippen LogP contribution in [0.25, 0.3) is 0 Å². The van der Waals surface area contributed by atoms with E-state index in [4.69, 9.17) is 9.84 Å². The third-order valence-corrected chi connectivity index (χ3v) is 2.72. The molecule has 1 heterocycles. The van der Waals surface area contributed by atoms with Gasteiger partial charge in [-0.1, -0.05) is 96.9 Å². The molecule has 0 spiro atoms. The van der Waals surface area contributed by atoms with Crippen LogP contribution in [0, 0.1) is 75.7 Å². The monoisotopic (exact) mass is 1220 g/mol. The van der Waals surface area contributed by atoms with Gasteiger partial charge in [0.2, 0.25) is 0 Å². The van der Waals surface area contributed by atoms with Crippen molar-refractivity contribution >= 4 is 54.1 Å². The molecule has 1 fully saturated rings. The zero-order valence-electron chi connectivity index (χ0n) is 34.6. The fourth-order valence-corrected chi connectivity index (χ4v) is 0.964. The fraction of sp³-hybridized carbons (Fsp3) is 0.688. The van der Waals surface area contributed by atoms with E-state index in [0.717, 1.165) is 6.42 Å². The zero-order chi connectivity index (χ0) is 28.3. The van der Waals surface area contributed by atoms with Gasteiger partial charge in [-0.2, -0.15) is 12.8 Å². The van der Waals surface area contributed by atoms with E-state index in [-0.39, 0.29) is 275 Å². The Morgan fingerprint density at radius 1 is 0.717 bits per heavy atom. The topological polar surface area (TPSA) is 49.8 Å². The number of carbonyl (C=O) groups excluding carboxylic acids is 1. The first-order valence-electron chi connectivity index (χ1n) is 12.9. The van der Waals surface area contributed by atoms with Crippen LogP contribution in [0.3, 0.4) is 0 Å². The molecule has 0 aromatic rings. The molecule has 0 bridgehead atoms. The molecular formula is C32H76B3BrMgO3Rh3Y3-9. The van der Waals surface area contributed by atoms with Crippen LogP contribution in [0.2, 0.25) is 0 Å². The first kappa shape index (κ1) is 150. The molecule has 1 aliphatic heterocycles. The summed E-state index contributed by atoms with van der Waals surface area (Å²) in [7, 11) is 0. The molecule has 15 radical (unpaired) electrons.